The number of hydrogen-bond donors (Lipinski definition) is 1. The van der Waals surface area contributed by atoms with Crippen LogP contribution in [0.4, 0.5) is 0 Å². The molecule has 0 aliphatic carbocycles. The van der Waals surface area contributed by atoms with Crippen LogP contribution in [0.15, 0.2) is 41.4 Å². The van der Waals surface area contributed by atoms with Crippen LogP contribution in [0.5, 0.6) is 0 Å². The van der Waals surface area contributed by atoms with E-state index in [1.54, 1.807) is 0 Å². The zero-order valence-electron chi connectivity index (χ0n) is 12.9. The van der Waals surface area contributed by atoms with Gasteiger partial charge in [-0.25, -0.2) is 0 Å². The van der Waals surface area contributed by atoms with E-state index in [-0.39, 0.29) is 0 Å². The van der Waals surface area contributed by atoms with Crippen LogP contribution in [0.3, 0.4) is 0 Å². The fourth-order valence-corrected chi connectivity index (χ4v) is 4.30. The first-order valence-corrected chi connectivity index (χ1v) is 8.51. The predicted octanol–water partition coefficient (Wildman–Crippen LogP) is 3.31. The summed E-state index contributed by atoms with van der Waals surface area (Å²) in [5.74, 6) is 0. The van der Waals surface area contributed by atoms with E-state index in [0.29, 0.717) is 17.3 Å². The molecule has 0 fully saturated rings. The molecule has 0 saturated heterocycles. The summed E-state index contributed by atoms with van der Waals surface area (Å²) in [7, 11) is 2.06. The van der Waals surface area contributed by atoms with Crippen LogP contribution in [-0.4, -0.2) is 28.1 Å². The highest BCUT2D eigenvalue weighted by Crippen LogP contribution is 2.38. The van der Waals surface area contributed by atoms with E-state index >= 15 is 0 Å². The minimum Gasteiger partial charge on any atom is -0.315 e. The monoisotopic (exact) mass is 301 g/mol. The van der Waals surface area contributed by atoms with E-state index < -0.39 is 0 Å². The fourth-order valence-electron chi connectivity index (χ4n) is 2.85. The molecule has 3 nitrogen and oxygen atoms in total. The molecule has 0 radical (unpaired) electrons. The Kier molecular flexibility index (Phi) is 4.36. The van der Waals surface area contributed by atoms with E-state index in [2.05, 4.69) is 67.8 Å². The summed E-state index contributed by atoms with van der Waals surface area (Å²) in [6, 6.07) is 11.8. The maximum absolute atomic E-state index is 4.69. The Hall–Kier alpha value is -1.26. The second-order valence-electron chi connectivity index (χ2n) is 5.95. The summed E-state index contributed by atoms with van der Waals surface area (Å²) in [5.41, 5.74) is 2.67. The van der Waals surface area contributed by atoms with Gasteiger partial charge >= 0.3 is 0 Å². The van der Waals surface area contributed by atoms with Crippen molar-refractivity contribution in [3.8, 4) is 0 Å². The van der Waals surface area contributed by atoms with Gasteiger partial charge in [0, 0.05) is 34.8 Å². The Balaban J connectivity index is 1.69. The highest BCUT2D eigenvalue weighted by atomic mass is 32.2. The average Bonchev–Trinajstić information content (AvgIpc) is 3.11. The lowest BCUT2D eigenvalue weighted by Gasteiger charge is -2.21. The molecule has 0 saturated carbocycles. The molecule has 2 unspecified atom stereocenters. The number of benzene rings is 1. The maximum Gasteiger partial charge on any atom is 0.0640 e. The molecular formula is C17H23N3S. The number of rotatable bonds is 5. The van der Waals surface area contributed by atoms with Crippen molar-refractivity contribution < 1.29 is 0 Å². The van der Waals surface area contributed by atoms with Crippen LogP contribution in [0.2, 0.25) is 0 Å². The minimum absolute atomic E-state index is 0.428. The molecule has 3 rings (SSSR count). The molecule has 0 bridgehead atoms. The zero-order valence-corrected chi connectivity index (χ0v) is 13.7. The number of likely N-dealkylation sites (N-methyl/N-ethyl adjacent to an activating group) is 1. The van der Waals surface area contributed by atoms with Crippen molar-refractivity contribution in [2.75, 3.05) is 7.05 Å². The molecule has 4 heteroatoms. The van der Waals surface area contributed by atoms with Crippen molar-refractivity contribution in [3.63, 3.8) is 0 Å². The summed E-state index contributed by atoms with van der Waals surface area (Å²) < 4.78 is 2.04. The van der Waals surface area contributed by atoms with E-state index in [0.717, 1.165) is 12.8 Å². The van der Waals surface area contributed by atoms with Crippen LogP contribution in [0, 0.1) is 0 Å². The summed E-state index contributed by atoms with van der Waals surface area (Å²) in [4.78, 5) is 1.44. The van der Waals surface area contributed by atoms with E-state index in [4.69, 9.17) is 0 Å². The SMILES string of the molecule is CNC(Cc1ccn(C(C)C)n1)C1Cc2ccccc2S1. The Morgan fingerprint density at radius 1 is 1.33 bits per heavy atom. The van der Waals surface area contributed by atoms with Gasteiger partial charge in [0.25, 0.3) is 0 Å². The Morgan fingerprint density at radius 2 is 2.14 bits per heavy atom. The third-order valence-electron chi connectivity index (χ3n) is 4.11. The van der Waals surface area contributed by atoms with E-state index in [1.807, 2.05) is 16.4 Å². The maximum atomic E-state index is 4.69. The molecule has 1 aliphatic rings. The average molecular weight is 301 g/mol. The molecule has 0 amide bonds. The summed E-state index contributed by atoms with van der Waals surface area (Å²) >= 11 is 2.00. The van der Waals surface area contributed by atoms with Gasteiger partial charge in [0.05, 0.1) is 5.69 Å². The standard InChI is InChI=1S/C17H23N3S/c1-12(2)20-9-8-14(19-20)11-15(18-3)17-10-13-6-4-5-7-16(13)21-17/h4-9,12,15,17-18H,10-11H2,1-3H3. The number of hydrogen-bond acceptors (Lipinski definition) is 3. The van der Waals surface area contributed by atoms with Gasteiger partial charge in [-0.2, -0.15) is 5.10 Å². The summed E-state index contributed by atoms with van der Waals surface area (Å²) in [6.07, 6.45) is 4.22. The van der Waals surface area contributed by atoms with Crippen LogP contribution >= 0.6 is 11.8 Å². The second kappa shape index (κ2) is 6.24. The molecule has 21 heavy (non-hydrogen) atoms. The summed E-state index contributed by atoms with van der Waals surface area (Å²) in [6.45, 7) is 4.32. The molecule has 2 aromatic rings. The van der Waals surface area contributed by atoms with Gasteiger partial charge in [0.15, 0.2) is 0 Å². The van der Waals surface area contributed by atoms with Gasteiger partial charge < -0.3 is 5.32 Å². The predicted molar refractivity (Wildman–Crippen MR) is 89.0 cm³/mol. The smallest absolute Gasteiger partial charge is 0.0640 e. The minimum atomic E-state index is 0.428. The van der Waals surface area contributed by atoms with Gasteiger partial charge in [0.1, 0.15) is 0 Å². The second-order valence-corrected chi connectivity index (χ2v) is 7.23. The lowest BCUT2D eigenvalue weighted by molar-refractivity contribution is 0.502. The molecule has 1 aliphatic heterocycles. The molecule has 112 valence electrons. The number of fused-ring (bicyclic) bond motifs is 1. The first kappa shape index (κ1) is 14.7. The van der Waals surface area contributed by atoms with Crippen LogP contribution < -0.4 is 5.32 Å². The molecule has 1 aromatic carbocycles. The Labute approximate surface area is 131 Å². The van der Waals surface area contributed by atoms with Crippen LogP contribution in [0.25, 0.3) is 0 Å². The first-order valence-electron chi connectivity index (χ1n) is 7.63. The zero-order chi connectivity index (χ0) is 14.8. The molecule has 1 N–H and O–H groups in total. The number of aromatic nitrogens is 2. The van der Waals surface area contributed by atoms with Crippen LogP contribution in [0.1, 0.15) is 31.1 Å². The molecule has 1 aromatic heterocycles. The van der Waals surface area contributed by atoms with Gasteiger partial charge in [-0.1, -0.05) is 18.2 Å². The van der Waals surface area contributed by atoms with Gasteiger partial charge in [0.2, 0.25) is 0 Å². The lowest BCUT2D eigenvalue weighted by atomic mass is 10.0. The first-order chi connectivity index (χ1) is 10.2. The molecule has 0 spiro atoms. The van der Waals surface area contributed by atoms with Crippen molar-refractivity contribution in [3.05, 3.63) is 47.8 Å². The van der Waals surface area contributed by atoms with Crippen LogP contribution in [-0.2, 0) is 12.8 Å². The highest BCUT2D eigenvalue weighted by Gasteiger charge is 2.29. The van der Waals surface area contributed by atoms with Crippen molar-refractivity contribution in [2.24, 2.45) is 0 Å². The number of thioether (sulfide) groups is 1. The van der Waals surface area contributed by atoms with Gasteiger partial charge in [-0.3, -0.25) is 4.68 Å². The third kappa shape index (κ3) is 3.16. The van der Waals surface area contributed by atoms with E-state index in [9.17, 15) is 0 Å². The Morgan fingerprint density at radius 3 is 2.81 bits per heavy atom. The lowest BCUT2D eigenvalue weighted by Crippen LogP contribution is -2.37. The normalized spacial score (nSPS) is 19.0. The van der Waals surface area contributed by atoms with E-state index in [1.165, 1.54) is 16.2 Å². The van der Waals surface area contributed by atoms with Crippen molar-refractivity contribution >= 4 is 11.8 Å². The topological polar surface area (TPSA) is 29.9 Å². The van der Waals surface area contributed by atoms with Gasteiger partial charge in [-0.15, -0.1) is 11.8 Å². The molecule has 2 atom stereocenters. The number of nitrogens with one attached hydrogen (secondary N) is 1. The largest absolute Gasteiger partial charge is 0.315 e. The molecular weight excluding hydrogens is 278 g/mol. The summed E-state index contributed by atoms with van der Waals surface area (Å²) in [5, 5.41) is 8.78. The van der Waals surface area contributed by atoms with Crippen molar-refractivity contribution in [1.82, 2.24) is 15.1 Å². The van der Waals surface area contributed by atoms with Crippen molar-refractivity contribution in [2.45, 2.75) is 48.9 Å². The number of nitrogens with zero attached hydrogens (tertiary/aromatic N) is 2. The third-order valence-corrected chi connectivity index (χ3v) is 5.56. The fraction of sp³-hybridized carbons (Fsp3) is 0.471. The quantitative estimate of drug-likeness (QED) is 0.919. The molecule has 2 heterocycles. The highest BCUT2D eigenvalue weighted by molar-refractivity contribution is 8.00. The Bertz CT molecular complexity index is 581. The van der Waals surface area contributed by atoms with Crippen molar-refractivity contribution in [1.29, 1.82) is 0 Å². The van der Waals surface area contributed by atoms with Gasteiger partial charge in [-0.05, 0) is 45.0 Å².